The summed E-state index contributed by atoms with van der Waals surface area (Å²) in [7, 11) is -2.46. The fraction of sp³-hybridized carbons (Fsp3) is 0.240. The molecule has 3 aromatic rings. The maximum Gasteiger partial charge on any atom is 0.264 e. The molecule has 1 amide bonds. The van der Waals surface area contributed by atoms with Crippen LogP contribution < -0.4 is 14.4 Å². The van der Waals surface area contributed by atoms with E-state index in [1.54, 1.807) is 25.3 Å². The number of aryl methyl sites for hydroxylation is 1. The van der Waals surface area contributed by atoms with E-state index in [-0.39, 0.29) is 26.7 Å². The molecule has 0 aliphatic rings. The van der Waals surface area contributed by atoms with Gasteiger partial charge in [0, 0.05) is 10.0 Å². The van der Waals surface area contributed by atoms with Crippen LogP contribution in [0.15, 0.2) is 71.6 Å². The molecule has 0 spiro atoms. The zero-order chi connectivity index (χ0) is 24.9. The van der Waals surface area contributed by atoms with Crippen molar-refractivity contribution in [3.8, 4) is 5.75 Å². The summed E-state index contributed by atoms with van der Waals surface area (Å²) in [6.07, 6.45) is 0.617. The van der Waals surface area contributed by atoms with Crippen LogP contribution in [0.1, 0.15) is 30.5 Å². The molecule has 0 aliphatic heterocycles. The van der Waals surface area contributed by atoms with Gasteiger partial charge in [-0.2, -0.15) is 0 Å². The summed E-state index contributed by atoms with van der Waals surface area (Å²) >= 11 is 12.3. The molecule has 0 heterocycles. The Bertz CT molecular complexity index is 1250. The number of methoxy groups -OCH3 is 1. The number of nitrogens with one attached hydrogen (secondary N) is 1. The Kier molecular flexibility index (Phi) is 8.47. The van der Waals surface area contributed by atoms with Crippen molar-refractivity contribution in [2.24, 2.45) is 0 Å². The smallest absolute Gasteiger partial charge is 0.264 e. The number of hydrogen-bond donors (Lipinski definition) is 1. The maximum atomic E-state index is 13.5. The fourth-order valence-electron chi connectivity index (χ4n) is 3.63. The van der Waals surface area contributed by atoms with Crippen LogP contribution in [0.2, 0.25) is 10.0 Å². The van der Waals surface area contributed by atoms with E-state index in [1.807, 2.05) is 32.0 Å². The Morgan fingerprint density at radius 1 is 1.03 bits per heavy atom. The van der Waals surface area contributed by atoms with E-state index in [1.165, 1.54) is 30.3 Å². The van der Waals surface area contributed by atoms with Crippen molar-refractivity contribution in [3.05, 3.63) is 87.9 Å². The Balaban J connectivity index is 1.92. The molecule has 0 radical (unpaired) electrons. The van der Waals surface area contributed by atoms with Gasteiger partial charge in [0.2, 0.25) is 5.91 Å². The first-order chi connectivity index (χ1) is 16.1. The molecule has 1 atom stereocenters. The summed E-state index contributed by atoms with van der Waals surface area (Å²) in [4.78, 5) is 13.2. The van der Waals surface area contributed by atoms with E-state index in [4.69, 9.17) is 27.9 Å². The fourth-order valence-corrected chi connectivity index (χ4v) is 5.57. The number of sulfonamides is 1. The number of hydrogen-bond acceptors (Lipinski definition) is 4. The monoisotopic (exact) mass is 520 g/mol. The van der Waals surface area contributed by atoms with Crippen molar-refractivity contribution in [1.29, 1.82) is 0 Å². The van der Waals surface area contributed by atoms with Crippen LogP contribution in [0.5, 0.6) is 5.75 Å². The summed E-state index contributed by atoms with van der Waals surface area (Å²) < 4.78 is 33.3. The Morgan fingerprint density at radius 2 is 1.68 bits per heavy atom. The third-order valence-electron chi connectivity index (χ3n) is 5.32. The van der Waals surface area contributed by atoms with Gasteiger partial charge in [0.1, 0.15) is 12.3 Å². The molecule has 3 rings (SSSR count). The molecular formula is C25H26Cl2N2O4S. The highest BCUT2D eigenvalue weighted by Gasteiger charge is 2.28. The van der Waals surface area contributed by atoms with Crippen LogP contribution in [-0.4, -0.2) is 28.0 Å². The highest BCUT2D eigenvalue weighted by molar-refractivity contribution is 7.92. The molecule has 0 aliphatic carbocycles. The minimum atomic E-state index is -4.07. The number of amides is 1. The Morgan fingerprint density at radius 3 is 2.24 bits per heavy atom. The van der Waals surface area contributed by atoms with Crippen molar-refractivity contribution in [1.82, 2.24) is 5.32 Å². The zero-order valence-corrected chi connectivity index (χ0v) is 21.4. The normalized spacial score (nSPS) is 12.1. The summed E-state index contributed by atoms with van der Waals surface area (Å²) in [6.45, 7) is 3.42. The first-order valence-electron chi connectivity index (χ1n) is 10.6. The molecule has 1 unspecified atom stereocenters. The second kappa shape index (κ2) is 11.1. The lowest BCUT2D eigenvalue weighted by molar-refractivity contribution is -0.120. The van der Waals surface area contributed by atoms with Crippen LogP contribution in [0.3, 0.4) is 0 Å². The van der Waals surface area contributed by atoms with Gasteiger partial charge < -0.3 is 10.1 Å². The van der Waals surface area contributed by atoms with Gasteiger partial charge in [-0.15, -0.1) is 0 Å². The average molecular weight is 521 g/mol. The van der Waals surface area contributed by atoms with Crippen molar-refractivity contribution >= 4 is 44.8 Å². The predicted octanol–water partition coefficient (Wildman–Crippen LogP) is 5.77. The van der Waals surface area contributed by atoms with E-state index >= 15 is 0 Å². The van der Waals surface area contributed by atoms with Gasteiger partial charge in [-0.3, -0.25) is 9.10 Å². The molecule has 180 valence electrons. The maximum absolute atomic E-state index is 13.5. The number of carbonyl (C=O) groups is 1. The quantitative estimate of drug-likeness (QED) is 0.388. The number of rotatable bonds is 9. The van der Waals surface area contributed by atoms with E-state index < -0.39 is 22.5 Å². The average Bonchev–Trinajstić information content (AvgIpc) is 2.80. The summed E-state index contributed by atoms with van der Waals surface area (Å²) in [5.74, 6) is 0.291. The molecule has 0 bridgehead atoms. The van der Waals surface area contributed by atoms with Gasteiger partial charge in [0.15, 0.2) is 0 Å². The molecule has 0 saturated carbocycles. The highest BCUT2D eigenvalue weighted by Crippen LogP contribution is 2.30. The lowest BCUT2D eigenvalue weighted by Gasteiger charge is -2.26. The van der Waals surface area contributed by atoms with Crippen molar-refractivity contribution in [3.63, 3.8) is 0 Å². The van der Waals surface area contributed by atoms with Gasteiger partial charge in [0.05, 0.1) is 23.7 Å². The van der Waals surface area contributed by atoms with Crippen LogP contribution >= 0.6 is 23.2 Å². The number of nitrogens with zero attached hydrogens (tertiary/aromatic N) is 1. The van der Waals surface area contributed by atoms with Gasteiger partial charge in [-0.05, 0) is 60.9 Å². The molecule has 0 aromatic heterocycles. The third-order valence-corrected chi connectivity index (χ3v) is 7.54. The summed E-state index contributed by atoms with van der Waals surface area (Å²) in [5.41, 5.74) is 2.04. The summed E-state index contributed by atoms with van der Waals surface area (Å²) in [5, 5.41) is 3.47. The minimum absolute atomic E-state index is 0.0525. The number of anilines is 1. The highest BCUT2D eigenvalue weighted by atomic mass is 35.5. The molecule has 3 aromatic carbocycles. The number of ether oxygens (including phenoxy) is 1. The van der Waals surface area contributed by atoms with E-state index in [0.29, 0.717) is 6.42 Å². The van der Waals surface area contributed by atoms with Crippen LogP contribution in [0.4, 0.5) is 5.69 Å². The largest absolute Gasteiger partial charge is 0.496 e. The van der Waals surface area contributed by atoms with Crippen molar-refractivity contribution in [2.45, 2.75) is 31.2 Å². The molecule has 1 N–H and O–H groups in total. The molecular weight excluding hydrogens is 495 g/mol. The van der Waals surface area contributed by atoms with Crippen LogP contribution in [-0.2, 0) is 14.8 Å². The predicted molar refractivity (Wildman–Crippen MR) is 136 cm³/mol. The lowest BCUT2D eigenvalue weighted by Crippen LogP contribution is -2.42. The molecule has 9 heteroatoms. The Hall–Kier alpha value is -2.74. The van der Waals surface area contributed by atoms with Crippen LogP contribution in [0.25, 0.3) is 0 Å². The Labute approximate surface area is 210 Å². The van der Waals surface area contributed by atoms with Gasteiger partial charge in [-0.25, -0.2) is 8.42 Å². The minimum Gasteiger partial charge on any atom is -0.496 e. The van der Waals surface area contributed by atoms with Gasteiger partial charge in [-0.1, -0.05) is 60.5 Å². The van der Waals surface area contributed by atoms with Crippen molar-refractivity contribution in [2.75, 3.05) is 18.0 Å². The topological polar surface area (TPSA) is 75.7 Å². The first kappa shape index (κ1) is 25.9. The van der Waals surface area contributed by atoms with Gasteiger partial charge >= 0.3 is 0 Å². The van der Waals surface area contributed by atoms with Crippen LogP contribution in [0, 0.1) is 6.92 Å². The van der Waals surface area contributed by atoms with Gasteiger partial charge in [0.25, 0.3) is 10.0 Å². The van der Waals surface area contributed by atoms with E-state index in [9.17, 15) is 13.2 Å². The van der Waals surface area contributed by atoms with Crippen molar-refractivity contribution < 1.29 is 17.9 Å². The SMILES string of the molecule is CCC(NC(=O)CN(c1cc(Cl)cc(Cl)c1)S(=O)(=O)c1ccccc1)c1ccc(OC)c(C)c1. The second-order valence-corrected chi connectivity index (χ2v) is 10.4. The zero-order valence-electron chi connectivity index (χ0n) is 19.1. The number of halogens is 2. The summed E-state index contributed by atoms with van der Waals surface area (Å²) in [6, 6.07) is 17.7. The standard InChI is InChI=1S/C25H26Cl2N2O4S/c1-4-23(18-10-11-24(33-3)17(2)12-18)28-25(30)16-29(21-14-19(26)13-20(27)15-21)34(31,32)22-8-6-5-7-9-22/h5-15,23H,4,16H2,1-3H3,(H,28,30). The molecule has 0 fully saturated rings. The van der Waals surface area contributed by atoms with E-state index in [0.717, 1.165) is 21.2 Å². The molecule has 6 nitrogen and oxygen atoms in total. The second-order valence-electron chi connectivity index (χ2n) is 7.71. The third kappa shape index (κ3) is 6.03. The first-order valence-corrected chi connectivity index (χ1v) is 12.8. The number of carbonyl (C=O) groups excluding carboxylic acids is 1. The lowest BCUT2D eigenvalue weighted by atomic mass is 10.0. The number of benzene rings is 3. The molecule has 34 heavy (non-hydrogen) atoms. The van der Waals surface area contributed by atoms with E-state index in [2.05, 4.69) is 5.32 Å². The molecule has 0 saturated heterocycles.